The van der Waals surface area contributed by atoms with E-state index in [4.69, 9.17) is 4.74 Å². The maximum Gasteiger partial charge on any atom is 0.188 e. The Bertz CT molecular complexity index is 336. The van der Waals surface area contributed by atoms with Gasteiger partial charge in [-0.05, 0) is 25.5 Å². The van der Waals surface area contributed by atoms with Crippen LogP contribution in [0.1, 0.15) is 13.3 Å². The molecular formula is C12H16FNO. The zero-order chi connectivity index (χ0) is 11.1. The summed E-state index contributed by atoms with van der Waals surface area (Å²) in [6, 6.07) is 5.07. The second-order valence-electron chi connectivity index (χ2n) is 3.07. The van der Waals surface area contributed by atoms with Crippen LogP contribution < -0.4 is 10.1 Å². The first-order valence-corrected chi connectivity index (χ1v) is 4.99. The van der Waals surface area contributed by atoms with Gasteiger partial charge in [0.15, 0.2) is 11.6 Å². The summed E-state index contributed by atoms with van der Waals surface area (Å²) in [5, 5.41) is 2.77. The predicted molar refractivity (Wildman–Crippen MR) is 60.9 cm³/mol. The van der Waals surface area contributed by atoms with Crippen molar-refractivity contribution < 1.29 is 9.13 Å². The summed E-state index contributed by atoms with van der Waals surface area (Å²) in [6.07, 6.45) is 4.73. The van der Waals surface area contributed by atoms with Gasteiger partial charge in [-0.3, -0.25) is 0 Å². The van der Waals surface area contributed by atoms with Crippen LogP contribution in [0.2, 0.25) is 0 Å². The monoisotopic (exact) mass is 209 g/mol. The molecule has 0 heterocycles. The molecule has 0 atom stereocenters. The van der Waals surface area contributed by atoms with Crippen molar-refractivity contribution in [3.8, 4) is 5.75 Å². The largest absolute Gasteiger partial charge is 0.490 e. The lowest BCUT2D eigenvalue weighted by molar-refractivity contribution is 0.308. The highest BCUT2D eigenvalue weighted by molar-refractivity contribution is 5.49. The van der Waals surface area contributed by atoms with Crippen LogP contribution >= 0.6 is 0 Å². The number of ether oxygens (including phenoxy) is 1. The summed E-state index contributed by atoms with van der Waals surface area (Å²) in [5.41, 5.74) is 0.457. The molecule has 3 heteroatoms. The molecule has 1 aromatic carbocycles. The van der Waals surface area contributed by atoms with Crippen molar-refractivity contribution >= 4 is 5.69 Å². The second kappa shape index (κ2) is 6.06. The van der Waals surface area contributed by atoms with E-state index >= 15 is 0 Å². The smallest absolute Gasteiger partial charge is 0.188 e. The molecule has 0 bridgehead atoms. The first-order chi connectivity index (χ1) is 7.29. The lowest BCUT2D eigenvalue weighted by atomic mass is 10.3. The highest BCUT2D eigenvalue weighted by Crippen LogP contribution is 2.23. The summed E-state index contributed by atoms with van der Waals surface area (Å²) in [4.78, 5) is 0. The van der Waals surface area contributed by atoms with Crippen LogP contribution in [0.25, 0.3) is 0 Å². The highest BCUT2D eigenvalue weighted by Gasteiger charge is 2.06. The second-order valence-corrected chi connectivity index (χ2v) is 3.07. The van der Waals surface area contributed by atoms with Crippen LogP contribution in [-0.2, 0) is 0 Å². The Morgan fingerprint density at radius 3 is 2.93 bits per heavy atom. The minimum atomic E-state index is -0.333. The first-order valence-electron chi connectivity index (χ1n) is 4.99. The van der Waals surface area contributed by atoms with E-state index in [0.29, 0.717) is 18.0 Å². The van der Waals surface area contributed by atoms with Crippen LogP contribution in [0.15, 0.2) is 30.4 Å². The van der Waals surface area contributed by atoms with Crippen molar-refractivity contribution in [1.82, 2.24) is 0 Å². The Kier molecular flexibility index (Phi) is 4.68. The van der Waals surface area contributed by atoms with Crippen LogP contribution in [0.5, 0.6) is 5.75 Å². The minimum absolute atomic E-state index is 0.298. The van der Waals surface area contributed by atoms with Crippen molar-refractivity contribution in [3.05, 3.63) is 36.2 Å². The Morgan fingerprint density at radius 1 is 1.47 bits per heavy atom. The van der Waals surface area contributed by atoms with Crippen LogP contribution in [0.3, 0.4) is 0 Å². The number of halogens is 1. The summed E-state index contributed by atoms with van der Waals surface area (Å²) >= 11 is 0. The highest BCUT2D eigenvalue weighted by atomic mass is 19.1. The summed E-state index contributed by atoms with van der Waals surface area (Å²) in [5.74, 6) is -0.0353. The Morgan fingerprint density at radius 2 is 2.27 bits per heavy atom. The number of hydrogen-bond acceptors (Lipinski definition) is 2. The van der Waals surface area contributed by atoms with E-state index in [1.165, 1.54) is 0 Å². The molecule has 1 rings (SSSR count). The normalized spacial score (nSPS) is 10.6. The molecule has 1 aromatic rings. The van der Waals surface area contributed by atoms with Gasteiger partial charge in [-0.1, -0.05) is 18.2 Å². The maximum absolute atomic E-state index is 13.6. The standard InChI is InChI=1S/C12H16FNO/c1-3-4-5-9-15-11-8-6-7-10(14-2)12(11)13/h3-4,6-8,14H,5,9H2,1-2H3. The third kappa shape index (κ3) is 3.27. The molecule has 0 aliphatic heterocycles. The zero-order valence-electron chi connectivity index (χ0n) is 9.09. The molecule has 0 aliphatic rings. The third-order valence-electron chi connectivity index (χ3n) is 2.01. The van der Waals surface area contributed by atoms with Crippen molar-refractivity contribution in [2.45, 2.75) is 13.3 Å². The van der Waals surface area contributed by atoms with E-state index in [-0.39, 0.29) is 5.82 Å². The van der Waals surface area contributed by atoms with Gasteiger partial charge in [0.2, 0.25) is 0 Å². The Labute approximate surface area is 89.8 Å². The molecule has 0 aromatic heterocycles. The molecular weight excluding hydrogens is 193 g/mol. The van der Waals surface area contributed by atoms with E-state index in [2.05, 4.69) is 5.32 Å². The molecule has 2 nitrogen and oxygen atoms in total. The summed E-state index contributed by atoms with van der Waals surface area (Å²) in [6.45, 7) is 2.44. The lowest BCUT2D eigenvalue weighted by Crippen LogP contribution is -2.00. The van der Waals surface area contributed by atoms with Crippen LogP contribution in [0, 0.1) is 5.82 Å². The zero-order valence-corrected chi connectivity index (χ0v) is 9.09. The topological polar surface area (TPSA) is 21.3 Å². The molecule has 0 saturated heterocycles. The summed E-state index contributed by atoms with van der Waals surface area (Å²) < 4.78 is 18.9. The van der Waals surface area contributed by atoms with E-state index < -0.39 is 0 Å². The van der Waals surface area contributed by atoms with Gasteiger partial charge in [0.1, 0.15) is 0 Å². The van der Waals surface area contributed by atoms with E-state index in [1.807, 2.05) is 19.1 Å². The SMILES string of the molecule is CC=CCCOc1cccc(NC)c1F. The van der Waals surface area contributed by atoms with Gasteiger partial charge < -0.3 is 10.1 Å². The molecule has 0 radical (unpaired) electrons. The van der Waals surface area contributed by atoms with Gasteiger partial charge in [-0.25, -0.2) is 4.39 Å². The minimum Gasteiger partial charge on any atom is -0.490 e. The van der Waals surface area contributed by atoms with Gasteiger partial charge in [0.25, 0.3) is 0 Å². The van der Waals surface area contributed by atoms with Crippen LogP contribution in [0.4, 0.5) is 10.1 Å². The molecule has 82 valence electrons. The molecule has 0 fully saturated rings. The predicted octanol–water partition coefficient (Wildman–Crippen LogP) is 3.21. The first kappa shape index (κ1) is 11.6. The molecule has 0 saturated carbocycles. The molecule has 0 spiro atoms. The fourth-order valence-electron chi connectivity index (χ4n) is 1.22. The quantitative estimate of drug-likeness (QED) is 0.594. The van der Waals surface area contributed by atoms with Crippen LogP contribution in [-0.4, -0.2) is 13.7 Å². The number of benzene rings is 1. The van der Waals surface area contributed by atoms with Gasteiger partial charge in [-0.2, -0.15) is 0 Å². The lowest BCUT2D eigenvalue weighted by Gasteiger charge is -2.08. The maximum atomic E-state index is 13.6. The van der Waals surface area contributed by atoms with Gasteiger partial charge in [0.05, 0.1) is 12.3 Å². The molecule has 0 unspecified atom stereocenters. The van der Waals surface area contributed by atoms with Gasteiger partial charge in [0, 0.05) is 7.05 Å². The van der Waals surface area contributed by atoms with Gasteiger partial charge in [-0.15, -0.1) is 0 Å². The fourth-order valence-corrected chi connectivity index (χ4v) is 1.22. The molecule has 1 N–H and O–H groups in total. The molecule has 0 amide bonds. The average Bonchev–Trinajstić information content (AvgIpc) is 2.26. The number of nitrogens with one attached hydrogen (secondary N) is 1. The van der Waals surface area contributed by atoms with E-state index in [9.17, 15) is 4.39 Å². The third-order valence-corrected chi connectivity index (χ3v) is 2.01. The molecule has 15 heavy (non-hydrogen) atoms. The van der Waals surface area contributed by atoms with E-state index in [0.717, 1.165) is 6.42 Å². The molecule has 0 aliphatic carbocycles. The number of allylic oxidation sites excluding steroid dienone is 1. The number of rotatable bonds is 5. The van der Waals surface area contributed by atoms with Crippen molar-refractivity contribution in [3.63, 3.8) is 0 Å². The average molecular weight is 209 g/mol. The van der Waals surface area contributed by atoms with E-state index in [1.54, 1.807) is 25.2 Å². The number of anilines is 1. The Hall–Kier alpha value is -1.51. The van der Waals surface area contributed by atoms with Gasteiger partial charge >= 0.3 is 0 Å². The van der Waals surface area contributed by atoms with Crippen molar-refractivity contribution in [2.75, 3.05) is 19.0 Å². The van der Waals surface area contributed by atoms with Crippen molar-refractivity contribution in [1.29, 1.82) is 0 Å². The fraction of sp³-hybridized carbons (Fsp3) is 0.333. The van der Waals surface area contributed by atoms with Crippen molar-refractivity contribution in [2.24, 2.45) is 0 Å². The number of hydrogen-bond donors (Lipinski definition) is 1. The summed E-state index contributed by atoms with van der Waals surface area (Å²) in [7, 11) is 1.68. The Balaban J connectivity index is 2.60.